The standard InChI is InChI=1S/C20H26N4O2/c1-3-4-5-15-13-24(9-7-21)19-11-18(23-12-16(15)19)17-10-14(6-8-22-17)20(25)26-2/h6,8,10-13,20,25H,3-5,7,9,21H2,1-2H3. The molecule has 0 saturated heterocycles. The molecular weight excluding hydrogens is 328 g/mol. The van der Waals surface area contributed by atoms with E-state index in [4.69, 9.17) is 10.5 Å². The Labute approximate surface area is 153 Å². The molecule has 0 spiro atoms. The van der Waals surface area contributed by atoms with Gasteiger partial charge in [0, 0.05) is 49.7 Å². The van der Waals surface area contributed by atoms with Gasteiger partial charge in [-0.1, -0.05) is 13.3 Å². The van der Waals surface area contributed by atoms with Gasteiger partial charge in [-0.15, -0.1) is 0 Å². The molecule has 0 aliphatic rings. The Morgan fingerprint density at radius 3 is 2.81 bits per heavy atom. The van der Waals surface area contributed by atoms with Crippen molar-refractivity contribution in [1.29, 1.82) is 0 Å². The highest BCUT2D eigenvalue weighted by Gasteiger charge is 2.13. The highest BCUT2D eigenvalue weighted by atomic mass is 16.6. The fourth-order valence-corrected chi connectivity index (χ4v) is 3.16. The van der Waals surface area contributed by atoms with Gasteiger partial charge in [-0.2, -0.15) is 0 Å². The summed E-state index contributed by atoms with van der Waals surface area (Å²) in [6.07, 6.45) is 8.16. The van der Waals surface area contributed by atoms with Crippen LogP contribution in [0.5, 0.6) is 0 Å². The molecule has 6 nitrogen and oxygen atoms in total. The Bertz CT molecular complexity index is 875. The minimum Gasteiger partial charge on any atom is -0.364 e. The van der Waals surface area contributed by atoms with Crippen molar-refractivity contribution in [3.63, 3.8) is 0 Å². The van der Waals surface area contributed by atoms with Gasteiger partial charge in [-0.3, -0.25) is 9.97 Å². The summed E-state index contributed by atoms with van der Waals surface area (Å²) in [5, 5.41) is 11.1. The number of aliphatic hydroxyl groups excluding tert-OH is 1. The fourth-order valence-electron chi connectivity index (χ4n) is 3.16. The number of unbranched alkanes of at least 4 members (excludes halogenated alkanes) is 1. The molecule has 0 radical (unpaired) electrons. The summed E-state index contributed by atoms with van der Waals surface area (Å²) in [6.45, 7) is 3.55. The monoisotopic (exact) mass is 354 g/mol. The lowest BCUT2D eigenvalue weighted by Gasteiger charge is -2.10. The van der Waals surface area contributed by atoms with Gasteiger partial charge in [0.25, 0.3) is 0 Å². The molecule has 26 heavy (non-hydrogen) atoms. The van der Waals surface area contributed by atoms with Gasteiger partial charge in [0.1, 0.15) is 0 Å². The Morgan fingerprint density at radius 1 is 1.27 bits per heavy atom. The van der Waals surface area contributed by atoms with Crippen LogP contribution in [0.2, 0.25) is 0 Å². The van der Waals surface area contributed by atoms with E-state index >= 15 is 0 Å². The minimum atomic E-state index is -0.970. The number of hydrogen-bond acceptors (Lipinski definition) is 5. The van der Waals surface area contributed by atoms with Crippen molar-refractivity contribution < 1.29 is 9.84 Å². The van der Waals surface area contributed by atoms with Crippen molar-refractivity contribution in [1.82, 2.24) is 14.5 Å². The number of aryl methyl sites for hydroxylation is 1. The van der Waals surface area contributed by atoms with Gasteiger partial charge in [0.05, 0.1) is 16.9 Å². The molecule has 0 saturated carbocycles. The zero-order valence-electron chi connectivity index (χ0n) is 15.4. The van der Waals surface area contributed by atoms with Crippen molar-refractivity contribution >= 4 is 10.9 Å². The average Bonchev–Trinajstić information content (AvgIpc) is 3.03. The van der Waals surface area contributed by atoms with Crippen LogP contribution in [0.3, 0.4) is 0 Å². The van der Waals surface area contributed by atoms with Crippen molar-refractivity contribution in [2.24, 2.45) is 5.73 Å². The van der Waals surface area contributed by atoms with Crippen LogP contribution in [0.25, 0.3) is 22.3 Å². The van der Waals surface area contributed by atoms with Crippen LogP contribution in [0.1, 0.15) is 37.2 Å². The van der Waals surface area contributed by atoms with E-state index in [0.29, 0.717) is 17.8 Å². The number of rotatable bonds is 8. The number of aromatic nitrogens is 3. The summed E-state index contributed by atoms with van der Waals surface area (Å²) >= 11 is 0. The molecule has 3 rings (SSSR count). The van der Waals surface area contributed by atoms with Crippen LogP contribution < -0.4 is 5.73 Å². The van der Waals surface area contributed by atoms with E-state index in [0.717, 1.165) is 37.0 Å². The second-order valence-electron chi connectivity index (χ2n) is 6.39. The normalized spacial score (nSPS) is 12.6. The lowest BCUT2D eigenvalue weighted by atomic mass is 10.1. The molecular formula is C20H26N4O2. The van der Waals surface area contributed by atoms with E-state index in [1.807, 2.05) is 12.3 Å². The molecule has 0 aliphatic carbocycles. The third-order valence-electron chi connectivity index (χ3n) is 4.57. The average molecular weight is 354 g/mol. The van der Waals surface area contributed by atoms with Crippen molar-refractivity contribution in [2.75, 3.05) is 13.7 Å². The predicted octanol–water partition coefficient (Wildman–Crippen LogP) is 3.04. The summed E-state index contributed by atoms with van der Waals surface area (Å²) in [4.78, 5) is 9.02. The molecule has 1 unspecified atom stereocenters. The first kappa shape index (κ1) is 18.5. The molecule has 3 aromatic rings. The molecule has 0 bridgehead atoms. The van der Waals surface area contributed by atoms with Gasteiger partial charge in [-0.25, -0.2) is 0 Å². The molecule has 1 atom stereocenters. The van der Waals surface area contributed by atoms with Gasteiger partial charge in [0.2, 0.25) is 0 Å². The largest absolute Gasteiger partial charge is 0.364 e. The zero-order chi connectivity index (χ0) is 18.5. The van der Waals surface area contributed by atoms with Gasteiger partial charge < -0.3 is 20.1 Å². The molecule has 0 aliphatic heterocycles. The van der Waals surface area contributed by atoms with Gasteiger partial charge >= 0.3 is 0 Å². The Kier molecular flexibility index (Phi) is 5.98. The van der Waals surface area contributed by atoms with E-state index in [1.54, 1.807) is 18.3 Å². The molecule has 0 aromatic carbocycles. The molecule has 0 fully saturated rings. The number of hydrogen-bond donors (Lipinski definition) is 2. The second-order valence-corrected chi connectivity index (χ2v) is 6.39. The van der Waals surface area contributed by atoms with Crippen LogP contribution in [0.15, 0.2) is 36.8 Å². The molecule has 3 aromatic heterocycles. The summed E-state index contributed by atoms with van der Waals surface area (Å²) < 4.78 is 7.17. The zero-order valence-corrected chi connectivity index (χ0v) is 15.4. The lowest BCUT2D eigenvalue weighted by molar-refractivity contribution is -0.0769. The number of pyridine rings is 2. The lowest BCUT2D eigenvalue weighted by Crippen LogP contribution is -2.08. The smallest absolute Gasteiger partial charge is 0.180 e. The number of nitrogens with zero attached hydrogens (tertiary/aromatic N) is 3. The molecule has 6 heteroatoms. The molecule has 3 heterocycles. The fraction of sp³-hybridized carbons (Fsp3) is 0.400. The van der Waals surface area contributed by atoms with Crippen LogP contribution in [-0.2, 0) is 17.7 Å². The summed E-state index contributed by atoms with van der Waals surface area (Å²) in [7, 11) is 1.46. The number of methoxy groups -OCH3 is 1. The topological polar surface area (TPSA) is 86.2 Å². The van der Waals surface area contributed by atoms with E-state index in [-0.39, 0.29) is 0 Å². The summed E-state index contributed by atoms with van der Waals surface area (Å²) in [5.74, 6) is 0. The van der Waals surface area contributed by atoms with Gasteiger partial charge in [0.15, 0.2) is 6.29 Å². The van der Waals surface area contributed by atoms with Crippen molar-refractivity contribution in [3.8, 4) is 11.4 Å². The molecule has 0 amide bonds. The van der Waals surface area contributed by atoms with E-state index in [1.165, 1.54) is 18.1 Å². The maximum atomic E-state index is 9.88. The first-order valence-corrected chi connectivity index (χ1v) is 9.03. The third kappa shape index (κ3) is 3.77. The quantitative estimate of drug-likeness (QED) is 0.607. The minimum absolute atomic E-state index is 0.586. The van der Waals surface area contributed by atoms with Crippen molar-refractivity contribution in [3.05, 3.63) is 47.9 Å². The number of ether oxygens (including phenoxy) is 1. The Hall–Kier alpha value is -2.28. The van der Waals surface area contributed by atoms with E-state index in [2.05, 4.69) is 27.7 Å². The molecule has 3 N–H and O–H groups in total. The first-order valence-electron chi connectivity index (χ1n) is 9.03. The van der Waals surface area contributed by atoms with Crippen LogP contribution in [0.4, 0.5) is 0 Å². The van der Waals surface area contributed by atoms with Crippen LogP contribution >= 0.6 is 0 Å². The molecule has 138 valence electrons. The van der Waals surface area contributed by atoms with E-state index < -0.39 is 6.29 Å². The number of fused-ring (bicyclic) bond motifs is 1. The number of nitrogens with two attached hydrogens (primary N) is 1. The highest BCUT2D eigenvalue weighted by molar-refractivity contribution is 5.86. The Morgan fingerprint density at radius 2 is 2.08 bits per heavy atom. The van der Waals surface area contributed by atoms with Gasteiger partial charge in [-0.05, 0) is 36.6 Å². The summed E-state index contributed by atoms with van der Waals surface area (Å²) in [6, 6.07) is 5.58. The third-order valence-corrected chi connectivity index (χ3v) is 4.57. The predicted molar refractivity (Wildman–Crippen MR) is 103 cm³/mol. The first-order chi connectivity index (χ1) is 12.7. The number of aliphatic hydroxyl groups is 1. The van der Waals surface area contributed by atoms with Crippen LogP contribution in [0, 0.1) is 0 Å². The second kappa shape index (κ2) is 8.40. The Balaban J connectivity index is 2.04. The van der Waals surface area contributed by atoms with Crippen molar-refractivity contribution in [2.45, 2.75) is 39.0 Å². The SMILES string of the molecule is CCCCc1cn(CCN)c2cc(-c3cc(C(O)OC)ccn3)ncc12. The maximum absolute atomic E-state index is 9.88. The van der Waals surface area contributed by atoms with Crippen LogP contribution in [-0.4, -0.2) is 33.3 Å². The highest BCUT2D eigenvalue weighted by Crippen LogP contribution is 2.27. The summed E-state index contributed by atoms with van der Waals surface area (Å²) in [5.41, 5.74) is 10.3. The maximum Gasteiger partial charge on any atom is 0.180 e. The van der Waals surface area contributed by atoms with E-state index in [9.17, 15) is 5.11 Å².